The van der Waals surface area contributed by atoms with Gasteiger partial charge in [-0.2, -0.15) is 0 Å². The van der Waals surface area contributed by atoms with E-state index in [1.807, 2.05) is 43.6 Å². The Hall–Kier alpha value is -1.80. The molecule has 0 N–H and O–H groups in total. The first-order chi connectivity index (χ1) is 14.6. The molecule has 30 heavy (non-hydrogen) atoms. The molecule has 1 atom stereocenters. The highest BCUT2D eigenvalue weighted by molar-refractivity contribution is 7.99. The lowest BCUT2D eigenvalue weighted by Gasteiger charge is -2.18. The lowest BCUT2D eigenvalue weighted by Crippen LogP contribution is -2.27. The van der Waals surface area contributed by atoms with Crippen molar-refractivity contribution in [1.82, 2.24) is 14.5 Å². The number of carbonyl (C=O) groups is 1. The van der Waals surface area contributed by atoms with Crippen LogP contribution < -0.4 is 0 Å². The van der Waals surface area contributed by atoms with Crippen molar-refractivity contribution in [3.05, 3.63) is 57.9 Å². The van der Waals surface area contributed by atoms with Crippen molar-refractivity contribution in [2.75, 3.05) is 19.4 Å². The summed E-state index contributed by atoms with van der Waals surface area (Å²) >= 11 is 8.98. The quantitative estimate of drug-likeness (QED) is 0.433. The summed E-state index contributed by atoms with van der Waals surface area (Å²) < 4.78 is 8.80. The summed E-state index contributed by atoms with van der Waals surface area (Å²) in [5, 5.41) is 0.852. The molecule has 1 aliphatic heterocycles. The smallest absolute Gasteiger partial charge is 0.233 e. The Morgan fingerprint density at radius 1 is 1.33 bits per heavy atom. The van der Waals surface area contributed by atoms with Crippen LogP contribution in [0.2, 0.25) is 4.34 Å². The molecule has 1 aliphatic rings. The van der Waals surface area contributed by atoms with E-state index in [9.17, 15) is 4.79 Å². The first-order valence-corrected chi connectivity index (χ1v) is 12.1. The van der Waals surface area contributed by atoms with Gasteiger partial charge in [0.1, 0.15) is 0 Å². The Morgan fingerprint density at radius 2 is 2.17 bits per heavy atom. The number of aromatic nitrogens is 2. The van der Waals surface area contributed by atoms with Crippen LogP contribution in [0.4, 0.5) is 0 Å². The van der Waals surface area contributed by atoms with E-state index in [0.717, 1.165) is 51.6 Å². The molecule has 1 aromatic carbocycles. The molecule has 3 aromatic rings. The third-order valence-electron chi connectivity index (χ3n) is 5.07. The number of thiophene rings is 1. The fourth-order valence-electron chi connectivity index (χ4n) is 3.48. The average molecular weight is 462 g/mol. The number of halogens is 1. The maximum absolute atomic E-state index is 12.7. The number of benzene rings is 1. The fourth-order valence-corrected chi connectivity index (χ4v) is 5.55. The Morgan fingerprint density at radius 3 is 2.87 bits per heavy atom. The lowest BCUT2D eigenvalue weighted by atomic mass is 10.1. The highest BCUT2D eigenvalue weighted by atomic mass is 35.5. The Kier molecular flexibility index (Phi) is 7.15. The normalized spacial score (nSPS) is 16.1. The summed E-state index contributed by atoms with van der Waals surface area (Å²) in [6.45, 7) is 2.14. The van der Waals surface area contributed by atoms with Crippen LogP contribution in [0.5, 0.6) is 0 Å². The van der Waals surface area contributed by atoms with Crippen molar-refractivity contribution in [2.24, 2.45) is 0 Å². The van der Waals surface area contributed by atoms with Crippen LogP contribution in [0.25, 0.3) is 11.3 Å². The van der Waals surface area contributed by atoms with E-state index in [2.05, 4.69) is 21.7 Å². The second-order valence-electron chi connectivity index (χ2n) is 7.28. The first-order valence-electron chi connectivity index (χ1n) is 9.93. The number of rotatable bonds is 8. The number of hydrogen-bond acceptors (Lipinski definition) is 5. The largest absolute Gasteiger partial charge is 0.376 e. The van der Waals surface area contributed by atoms with Crippen LogP contribution in [0.3, 0.4) is 0 Å². The average Bonchev–Trinajstić information content (AvgIpc) is 3.49. The summed E-state index contributed by atoms with van der Waals surface area (Å²) in [4.78, 5) is 20.1. The van der Waals surface area contributed by atoms with E-state index in [1.54, 1.807) is 4.90 Å². The Balaban J connectivity index is 1.46. The van der Waals surface area contributed by atoms with Crippen LogP contribution in [-0.2, 0) is 22.6 Å². The minimum absolute atomic E-state index is 0.0671. The molecule has 8 heteroatoms. The second kappa shape index (κ2) is 10.0. The zero-order chi connectivity index (χ0) is 20.9. The van der Waals surface area contributed by atoms with Gasteiger partial charge in [-0.1, -0.05) is 53.7 Å². The molecule has 1 unspecified atom stereocenters. The van der Waals surface area contributed by atoms with Crippen LogP contribution in [0.1, 0.15) is 17.7 Å². The monoisotopic (exact) mass is 461 g/mol. The van der Waals surface area contributed by atoms with Crippen LogP contribution in [-0.4, -0.2) is 45.9 Å². The molecule has 5 nitrogen and oxygen atoms in total. The molecule has 1 amide bonds. The molecule has 1 saturated heterocycles. The molecular formula is C22H24ClN3O2S2. The second-order valence-corrected chi connectivity index (χ2v) is 10.0. The SMILES string of the molecule is CN(Cc1ccc(Cl)s1)C(=O)CSc1ncc(-c2ccccc2)n1CC1CCCO1. The van der Waals surface area contributed by atoms with Crippen LogP contribution in [0, 0.1) is 0 Å². The molecular weight excluding hydrogens is 438 g/mol. The summed E-state index contributed by atoms with van der Waals surface area (Å²) in [5.74, 6) is 0.407. The van der Waals surface area contributed by atoms with Gasteiger partial charge in [0, 0.05) is 18.5 Å². The summed E-state index contributed by atoms with van der Waals surface area (Å²) in [5.41, 5.74) is 2.18. The topological polar surface area (TPSA) is 47.4 Å². The van der Waals surface area contributed by atoms with Crippen LogP contribution in [0.15, 0.2) is 53.8 Å². The predicted octanol–water partition coefficient (Wildman–Crippen LogP) is 5.19. The summed E-state index contributed by atoms with van der Waals surface area (Å²) in [7, 11) is 1.82. The number of thioether (sulfide) groups is 1. The molecule has 0 spiro atoms. The van der Waals surface area contributed by atoms with Gasteiger partial charge in [-0.25, -0.2) is 4.98 Å². The highest BCUT2D eigenvalue weighted by Gasteiger charge is 2.21. The maximum Gasteiger partial charge on any atom is 0.233 e. The number of imidazole rings is 1. The minimum atomic E-state index is 0.0671. The van der Waals surface area contributed by atoms with E-state index in [4.69, 9.17) is 16.3 Å². The Labute approximate surface area is 190 Å². The molecule has 3 heterocycles. The third-order valence-corrected chi connectivity index (χ3v) is 7.26. The van der Waals surface area contributed by atoms with Crippen molar-refractivity contribution in [3.8, 4) is 11.3 Å². The van der Waals surface area contributed by atoms with E-state index in [0.29, 0.717) is 12.3 Å². The van der Waals surface area contributed by atoms with E-state index in [1.165, 1.54) is 23.1 Å². The third kappa shape index (κ3) is 5.27. The number of hydrogen-bond donors (Lipinski definition) is 0. The molecule has 0 saturated carbocycles. The van der Waals surface area contributed by atoms with Gasteiger partial charge in [0.15, 0.2) is 5.16 Å². The zero-order valence-corrected chi connectivity index (χ0v) is 19.2. The molecule has 0 aliphatic carbocycles. The van der Waals surface area contributed by atoms with Crippen molar-refractivity contribution in [2.45, 2.75) is 37.2 Å². The molecule has 158 valence electrons. The van der Waals surface area contributed by atoms with Crippen molar-refractivity contribution < 1.29 is 9.53 Å². The van der Waals surface area contributed by atoms with Crippen LogP contribution >= 0.6 is 34.7 Å². The fraction of sp³-hybridized carbons (Fsp3) is 0.364. The van der Waals surface area contributed by atoms with Gasteiger partial charge in [-0.05, 0) is 30.5 Å². The van der Waals surface area contributed by atoms with Gasteiger partial charge in [0.05, 0.1) is 41.2 Å². The standard InChI is InChI=1S/C22H24ClN3O2S2/c1-25(14-18-9-10-20(23)30-18)21(27)15-29-22-24-12-19(16-6-3-2-4-7-16)26(22)13-17-8-5-11-28-17/h2-4,6-7,9-10,12,17H,5,8,11,13-15H2,1H3. The molecule has 0 bridgehead atoms. The van der Waals surface area contributed by atoms with Gasteiger partial charge in [-0.3, -0.25) is 4.79 Å². The van der Waals surface area contributed by atoms with Gasteiger partial charge >= 0.3 is 0 Å². The molecule has 0 radical (unpaired) electrons. The number of amides is 1. The number of ether oxygens (including phenoxy) is 1. The maximum atomic E-state index is 12.7. The zero-order valence-electron chi connectivity index (χ0n) is 16.8. The molecule has 2 aromatic heterocycles. The van der Waals surface area contributed by atoms with Gasteiger partial charge in [-0.15, -0.1) is 11.3 Å². The van der Waals surface area contributed by atoms with Gasteiger partial charge < -0.3 is 14.2 Å². The number of nitrogens with zero attached hydrogens (tertiary/aromatic N) is 3. The summed E-state index contributed by atoms with van der Waals surface area (Å²) in [6.07, 6.45) is 4.25. The molecule has 4 rings (SSSR count). The first kappa shape index (κ1) is 21.4. The highest BCUT2D eigenvalue weighted by Crippen LogP contribution is 2.29. The number of carbonyl (C=O) groups excluding carboxylic acids is 1. The minimum Gasteiger partial charge on any atom is -0.376 e. The lowest BCUT2D eigenvalue weighted by molar-refractivity contribution is -0.127. The van der Waals surface area contributed by atoms with Crippen molar-refractivity contribution in [1.29, 1.82) is 0 Å². The predicted molar refractivity (Wildman–Crippen MR) is 123 cm³/mol. The van der Waals surface area contributed by atoms with Crippen molar-refractivity contribution in [3.63, 3.8) is 0 Å². The van der Waals surface area contributed by atoms with E-state index in [-0.39, 0.29) is 12.0 Å². The van der Waals surface area contributed by atoms with Gasteiger partial charge in [0.2, 0.25) is 5.91 Å². The van der Waals surface area contributed by atoms with E-state index < -0.39 is 0 Å². The molecule has 1 fully saturated rings. The summed E-state index contributed by atoms with van der Waals surface area (Å²) in [6, 6.07) is 14.1. The van der Waals surface area contributed by atoms with Crippen molar-refractivity contribution >= 4 is 40.6 Å². The van der Waals surface area contributed by atoms with E-state index >= 15 is 0 Å². The van der Waals surface area contributed by atoms with Gasteiger partial charge in [0.25, 0.3) is 0 Å². The Bertz CT molecular complexity index is 983.